The van der Waals surface area contributed by atoms with Gasteiger partial charge in [0.05, 0.1) is 16.7 Å². The molecule has 4 nitrogen and oxygen atoms in total. The van der Waals surface area contributed by atoms with Crippen LogP contribution in [0.5, 0.6) is 0 Å². The Morgan fingerprint density at radius 1 is 1.00 bits per heavy atom. The minimum absolute atomic E-state index is 0.0465. The Kier molecular flexibility index (Phi) is 5.20. The average Bonchev–Trinajstić information content (AvgIpc) is 2.35. The second-order valence-corrected chi connectivity index (χ2v) is 5.05. The summed E-state index contributed by atoms with van der Waals surface area (Å²) >= 11 is 0. The topological polar surface area (TPSA) is 69.6 Å². The summed E-state index contributed by atoms with van der Waals surface area (Å²) in [6.45, 7) is 0.659. The third-order valence-corrected chi connectivity index (χ3v) is 3.10. The quantitative estimate of drug-likeness (QED) is 0.731. The van der Waals surface area contributed by atoms with E-state index in [0.717, 1.165) is 6.92 Å². The van der Waals surface area contributed by atoms with Crippen molar-refractivity contribution in [2.45, 2.75) is 31.3 Å². The molecular weight excluding hydrogens is 332 g/mol. The van der Waals surface area contributed by atoms with E-state index in [1.807, 2.05) is 5.32 Å². The number of hydrogen-bond acceptors (Lipinski definition) is 2. The maximum Gasteiger partial charge on any atom is 0.416 e. The Labute approximate surface area is 126 Å². The smallest absolute Gasteiger partial charge is 0.416 e. The third kappa shape index (κ3) is 5.31. The van der Waals surface area contributed by atoms with E-state index < -0.39 is 47.2 Å². The molecule has 10 heteroatoms. The first-order valence-corrected chi connectivity index (χ1v) is 6.22. The average molecular weight is 345 g/mol. The number of nitrogens with one attached hydrogen (secondary N) is 1. The van der Waals surface area contributed by atoms with Crippen LogP contribution >= 0.6 is 0 Å². The monoisotopic (exact) mass is 345 g/mol. The molecule has 0 aliphatic rings. The lowest BCUT2D eigenvalue weighted by atomic mass is 9.89. The minimum Gasteiger partial charge on any atom is -0.465 e. The summed E-state index contributed by atoms with van der Waals surface area (Å²) in [5.74, 6) is 0. The van der Waals surface area contributed by atoms with Gasteiger partial charge < -0.3 is 15.5 Å². The van der Waals surface area contributed by atoms with Gasteiger partial charge in [0.25, 0.3) is 0 Å². The van der Waals surface area contributed by atoms with Gasteiger partial charge in [-0.15, -0.1) is 0 Å². The molecule has 1 unspecified atom stereocenters. The molecule has 1 rings (SSSR count). The second-order valence-electron chi connectivity index (χ2n) is 5.05. The molecule has 0 aliphatic heterocycles. The standard InChI is InChI=1S/C13H13F6NO3/c1-11(23,2-3-20-10(21)22)7-4-8(12(14,15)16)6-9(5-7)13(17,18)19/h4-6,20,23H,2-3H2,1H3,(H,21,22). The van der Waals surface area contributed by atoms with Gasteiger partial charge in [-0.1, -0.05) is 0 Å². The second kappa shape index (κ2) is 6.26. The summed E-state index contributed by atoms with van der Waals surface area (Å²) in [5.41, 5.74) is -5.78. The Morgan fingerprint density at radius 2 is 1.39 bits per heavy atom. The lowest BCUT2D eigenvalue weighted by Gasteiger charge is -2.26. The van der Waals surface area contributed by atoms with Crippen molar-refractivity contribution in [3.8, 4) is 0 Å². The normalized spacial score (nSPS) is 15.1. The van der Waals surface area contributed by atoms with Gasteiger partial charge in [0.2, 0.25) is 0 Å². The molecule has 23 heavy (non-hydrogen) atoms. The zero-order valence-corrected chi connectivity index (χ0v) is 11.7. The van der Waals surface area contributed by atoms with Gasteiger partial charge in [0.15, 0.2) is 0 Å². The fraction of sp³-hybridized carbons (Fsp3) is 0.462. The van der Waals surface area contributed by atoms with Crippen molar-refractivity contribution in [1.82, 2.24) is 5.32 Å². The SMILES string of the molecule is CC(O)(CCNC(=O)O)c1cc(C(F)(F)F)cc(C(F)(F)F)c1. The van der Waals surface area contributed by atoms with Gasteiger partial charge in [0, 0.05) is 6.54 Å². The molecule has 0 fully saturated rings. The predicted octanol–water partition coefficient (Wildman–Crippen LogP) is 3.59. The van der Waals surface area contributed by atoms with E-state index in [9.17, 15) is 36.2 Å². The van der Waals surface area contributed by atoms with Crippen molar-refractivity contribution in [3.05, 3.63) is 34.9 Å². The molecule has 0 spiro atoms. The molecule has 0 heterocycles. The molecule has 1 amide bonds. The number of amides is 1. The van der Waals surface area contributed by atoms with Crippen LogP contribution in [0, 0.1) is 0 Å². The van der Waals surface area contributed by atoms with E-state index in [0.29, 0.717) is 12.1 Å². The Morgan fingerprint density at radius 3 is 1.74 bits per heavy atom. The van der Waals surface area contributed by atoms with E-state index in [4.69, 9.17) is 5.11 Å². The number of halogens is 6. The number of aliphatic hydroxyl groups is 1. The van der Waals surface area contributed by atoms with Crippen molar-refractivity contribution in [2.24, 2.45) is 0 Å². The molecule has 0 bridgehead atoms. The highest BCUT2D eigenvalue weighted by molar-refractivity contribution is 5.64. The fourth-order valence-electron chi connectivity index (χ4n) is 1.82. The van der Waals surface area contributed by atoms with E-state index in [-0.39, 0.29) is 12.6 Å². The molecule has 1 aromatic rings. The summed E-state index contributed by atoms with van der Waals surface area (Å²) in [4.78, 5) is 10.3. The molecule has 130 valence electrons. The third-order valence-electron chi connectivity index (χ3n) is 3.10. The lowest BCUT2D eigenvalue weighted by molar-refractivity contribution is -0.143. The van der Waals surface area contributed by atoms with Gasteiger partial charge in [-0.2, -0.15) is 26.3 Å². The number of carboxylic acid groups (broad SMARTS) is 1. The van der Waals surface area contributed by atoms with Crippen LogP contribution < -0.4 is 5.32 Å². The van der Waals surface area contributed by atoms with Crippen molar-refractivity contribution in [1.29, 1.82) is 0 Å². The van der Waals surface area contributed by atoms with Crippen LogP contribution in [-0.2, 0) is 18.0 Å². The first-order chi connectivity index (χ1) is 10.2. The van der Waals surface area contributed by atoms with Crippen LogP contribution in [0.3, 0.4) is 0 Å². The van der Waals surface area contributed by atoms with Crippen molar-refractivity contribution in [2.75, 3.05) is 6.54 Å². The largest absolute Gasteiger partial charge is 0.465 e. The zero-order chi connectivity index (χ0) is 18.1. The number of alkyl halides is 6. The maximum absolute atomic E-state index is 12.7. The van der Waals surface area contributed by atoms with Crippen molar-refractivity contribution in [3.63, 3.8) is 0 Å². The first kappa shape index (κ1) is 19.1. The zero-order valence-electron chi connectivity index (χ0n) is 11.7. The molecule has 0 saturated carbocycles. The fourth-order valence-corrected chi connectivity index (χ4v) is 1.82. The summed E-state index contributed by atoms with van der Waals surface area (Å²) in [6, 6.07) is 0.779. The van der Waals surface area contributed by atoms with Crippen LogP contribution in [0.25, 0.3) is 0 Å². The van der Waals surface area contributed by atoms with Gasteiger partial charge >= 0.3 is 18.4 Å². The van der Waals surface area contributed by atoms with E-state index in [1.165, 1.54) is 0 Å². The van der Waals surface area contributed by atoms with Gasteiger partial charge in [-0.25, -0.2) is 4.79 Å². The molecule has 1 atom stereocenters. The van der Waals surface area contributed by atoms with Crippen LogP contribution in [0.4, 0.5) is 31.1 Å². The summed E-state index contributed by atoms with van der Waals surface area (Å²) < 4.78 is 76.5. The van der Waals surface area contributed by atoms with Crippen LogP contribution in [0.2, 0.25) is 0 Å². The summed E-state index contributed by atoms with van der Waals surface area (Å²) in [7, 11) is 0. The Bertz CT molecular complexity index is 548. The maximum atomic E-state index is 12.7. The van der Waals surface area contributed by atoms with E-state index >= 15 is 0 Å². The van der Waals surface area contributed by atoms with Gasteiger partial charge in [-0.05, 0) is 37.1 Å². The molecular formula is C13H13F6NO3. The highest BCUT2D eigenvalue weighted by atomic mass is 19.4. The molecule has 1 aromatic carbocycles. The summed E-state index contributed by atoms with van der Waals surface area (Å²) in [6.07, 6.45) is -11.9. The highest BCUT2D eigenvalue weighted by Gasteiger charge is 2.38. The summed E-state index contributed by atoms with van der Waals surface area (Å²) in [5, 5.41) is 20.4. The molecule has 0 aromatic heterocycles. The van der Waals surface area contributed by atoms with E-state index in [2.05, 4.69) is 0 Å². The van der Waals surface area contributed by atoms with Gasteiger partial charge in [-0.3, -0.25) is 0 Å². The first-order valence-electron chi connectivity index (χ1n) is 6.22. The molecule has 0 saturated heterocycles. The minimum atomic E-state index is -5.02. The number of carbonyl (C=O) groups is 1. The molecule has 3 N–H and O–H groups in total. The van der Waals surface area contributed by atoms with E-state index in [1.54, 1.807) is 0 Å². The van der Waals surface area contributed by atoms with Crippen molar-refractivity contribution < 1.29 is 41.4 Å². The number of benzene rings is 1. The number of hydrogen-bond donors (Lipinski definition) is 3. The molecule has 0 radical (unpaired) electrons. The highest BCUT2D eigenvalue weighted by Crippen LogP contribution is 2.39. The molecule has 0 aliphatic carbocycles. The van der Waals surface area contributed by atoms with Gasteiger partial charge in [0.1, 0.15) is 0 Å². The van der Waals surface area contributed by atoms with Crippen LogP contribution in [0.15, 0.2) is 18.2 Å². The number of rotatable bonds is 4. The van der Waals surface area contributed by atoms with Crippen LogP contribution in [-0.4, -0.2) is 22.9 Å². The van der Waals surface area contributed by atoms with Crippen LogP contribution in [0.1, 0.15) is 30.0 Å². The predicted molar refractivity (Wildman–Crippen MR) is 66.7 cm³/mol. The van der Waals surface area contributed by atoms with Crippen molar-refractivity contribution >= 4 is 6.09 Å². The Balaban J connectivity index is 3.25. The Hall–Kier alpha value is -1.97. The lowest BCUT2D eigenvalue weighted by Crippen LogP contribution is -2.31.